The van der Waals surface area contributed by atoms with Crippen molar-refractivity contribution >= 4 is 28.8 Å². The van der Waals surface area contributed by atoms with Crippen LogP contribution in [0.1, 0.15) is 42.9 Å². The Labute approximate surface area is 193 Å². The van der Waals surface area contributed by atoms with Crippen LogP contribution in [0.2, 0.25) is 5.02 Å². The number of halogens is 1. The number of allylic oxidation sites excluding steroid dienone is 1. The summed E-state index contributed by atoms with van der Waals surface area (Å²) < 4.78 is 5.58. The molecule has 0 bridgehead atoms. The summed E-state index contributed by atoms with van der Waals surface area (Å²) >= 11 is 6.58. The molecule has 4 nitrogen and oxygen atoms in total. The van der Waals surface area contributed by atoms with Crippen LogP contribution in [0.15, 0.2) is 84.1 Å². The Morgan fingerprint density at radius 2 is 1.66 bits per heavy atom. The van der Waals surface area contributed by atoms with Crippen molar-refractivity contribution in [2.75, 3.05) is 17.2 Å². The molecule has 0 saturated carbocycles. The van der Waals surface area contributed by atoms with Gasteiger partial charge in [-0.05, 0) is 60.7 Å². The zero-order valence-electron chi connectivity index (χ0n) is 17.9. The van der Waals surface area contributed by atoms with E-state index in [0.29, 0.717) is 18.1 Å². The average Bonchev–Trinajstić information content (AvgIpc) is 2.97. The first-order valence-corrected chi connectivity index (χ1v) is 11.4. The smallest absolute Gasteiger partial charge is 0.163 e. The molecule has 0 radical (unpaired) electrons. The van der Waals surface area contributed by atoms with Gasteiger partial charge in [0.15, 0.2) is 5.78 Å². The molecule has 3 aromatic carbocycles. The number of carbonyl (C=O) groups is 1. The van der Waals surface area contributed by atoms with E-state index < -0.39 is 0 Å². The Hall–Kier alpha value is -3.24. The maximum Gasteiger partial charge on any atom is 0.163 e. The fraction of sp³-hybridized carbons (Fsp3) is 0.222. The van der Waals surface area contributed by atoms with E-state index in [0.717, 1.165) is 45.9 Å². The summed E-state index contributed by atoms with van der Waals surface area (Å²) in [6.07, 6.45) is 1.22. The normalized spacial score (nSPS) is 19.9. The Bertz CT molecular complexity index is 1190. The van der Waals surface area contributed by atoms with Crippen molar-refractivity contribution in [2.45, 2.75) is 31.7 Å². The molecular formula is C27H25ClN2O2. The van der Waals surface area contributed by atoms with Gasteiger partial charge < -0.3 is 15.4 Å². The number of anilines is 2. The molecule has 162 valence electrons. The molecule has 1 aliphatic carbocycles. The molecule has 0 fully saturated rings. The SMILES string of the molecule is CCOc1ccc([C@@H]2CC(=O)C3=C(C2)Nc2ccccc2N[C@H]3c2ccccc2Cl)cc1. The largest absolute Gasteiger partial charge is 0.494 e. The number of para-hydroxylation sites is 2. The first kappa shape index (κ1) is 20.7. The number of rotatable bonds is 4. The summed E-state index contributed by atoms with van der Waals surface area (Å²) in [5, 5.41) is 7.80. The monoisotopic (exact) mass is 444 g/mol. The Morgan fingerprint density at radius 1 is 0.938 bits per heavy atom. The third-order valence-corrected chi connectivity index (χ3v) is 6.53. The van der Waals surface area contributed by atoms with Crippen molar-refractivity contribution < 1.29 is 9.53 Å². The van der Waals surface area contributed by atoms with Crippen LogP contribution in [0, 0.1) is 0 Å². The zero-order valence-corrected chi connectivity index (χ0v) is 18.7. The highest BCUT2D eigenvalue weighted by Gasteiger charge is 2.36. The maximum absolute atomic E-state index is 13.6. The van der Waals surface area contributed by atoms with Crippen molar-refractivity contribution in [3.63, 3.8) is 0 Å². The molecule has 0 amide bonds. The Morgan fingerprint density at radius 3 is 2.41 bits per heavy atom. The summed E-state index contributed by atoms with van der Waals surface area (Å²) in [7, 11) is 0. The molecule has 0 aromatic heterocycles. The molecule has 0 saturated heterocycles. The standard InChI is InChI=1S/C27H25ClN2O2/c1-2-32-19-13-11-17(12-14-19)18-15-24-26(25(31)16-18)27(20-7-3-4-8-21(20)28)30-23-10-6-5-9-22(23)29-24/h3-14,18,27,29-30H,2,15-16H2,1H3/t18-,27-/m0/s1. The molecule has 3 aromatic rings. The first-order chi connectivity index (χ1) is 15.6. The molecule has 2 N–H and O–H groups in total. The number of hydrogen-bond acceptors (Lipinski definition) is 4. The van der Waals surface area contributed by atoms with Gasteiger partial charge in [0.05, 0.1) is 24.0 Å². The van der Waals surface area contributed by atoms with Crippen molar-refractivity contribution in [2.24, 2.45) is 0 Å². The minimum absolute atomic E-state index is 0.113. The number of benzene rings is 3. The number of fused-ring (bicyclic) bond motifs is 1. The van der Waals surface area contributed by atoms with E-state index in [2.05, 4.69) is 22.8 Å². The highest BCUT2D eigenvalue weighted by molar-refractivity contribution is 6.31. The van der Waals surface area contributed by atoms with Crippen LogP contribution in [0.4, 0.5) is 11.4 Å². The molecular weight excluding hydrogens is 420 g/mol. The lowest BCUT2D eigenvalue weighted by Gasteiger charge is -2.30. The predicted molar refractivity (Wildman–Crippen MR) is 129 cm³/mol. The number of ether oxygens (including phenoxy) is 1. The van der Waals surface area contributed by atoms with E-state index in [4.69, 9.17) is 16.3 Å². The molecule has 0 unspecified atom stereocenters. The van der Waals surface area contributed by atoms with Gasteiger partial charge in [0.2, 0.25) is 0 Å². The van der Waals surface area contributed by atoms with E-state index in [9.17, 15) is 4.79 Å². The lowest BCUT2D eigenvalue weighted by molar-refractivity contribution is -0.116. The van der Waals surface area contributed by atoms with Crippen molar-refractivity contribution in [3.05, 3.63) is 100 Å². The van der Waals surface area contributed by atoms with Crippen LogP contribution in [0.5, 0.6) is 5.75 Å². The second-order valence-corrected chi connectivity index (χ2v) is 8.60. The fourth-order valence-corrected chi connectivity index (χ4v) is 4.92. The third-order valence-electron chi connectivity index (χ3n) is 6.19. The van der Waals surface area contributed by atoms with Gasteiger partial charge in [-0.25, -0.2) is 0 Å². The molecule has 0 spiro atoms. The van der Waals surface area contributed by atoms with Crippen LogP contribution >= 0.6 is 11.6 Å². The maximum atomic E-state index is 13.6. The molecule has 5 heteroatoms. The number of nitrogens with one attached hydrogen (secondary N) is 2. The first-order valence-electron chi connectivity index (χ1n) is 11.0. The Balaban J connectivity index is 1.56. The summed E-state index contributed by atoms with van der Waals surface area (Å²) in [5.74, 6) is 1.10. The van der Waals surface area contributed by atoms with Crippen LogP contribution in [-0.2, 0) is 4.79 Å². The van der Waals surface area contributed by atoms with E-state index in [1.54, 1.807) is 0 Å². The molecule has 2 aliphatic rings. The third kappa shape index (κ3) is 3.87. The van der Waals surface area contributed by atoms with Crippen molar-refractivity contribution in [3.8, 4) is 5.75 Å². The van der Waals surface area contributed by atoms with E-state index in [1.165, 1.54) is 0 Å². The van der Waals surface area contributed by atoms with Crippen molar-refractivity contribution in [1.82, 2.24) is 0 Å². The number of hydrogen-bond donors (Lipinski definition) is 2. The van der Waals surface area contributed by atoms with Gasteiger partial charge in [-0.15, -0.1) is 0 Å². The quantitative estimate of drug-likeness (QED) is 0.469. The second-order valence-electron chi connectivity index (χ2n) is 8.19. The van der Waals surface area contributed by atoms with Crippen LogP contribution in [-0.4, -0.2) is 12.4 Å². The summed E-state index contributed by atoms with van der Waals surface area (Å²) in [4.78, 5) is 13.6. The Kier molecular flexibility index (Phi) is 5.62. The average molecular weight is 445 g/mol. The van der Waals surface area contributed by atoms with Crippen LogP contribution in [0.25, 0.3) is 0 Å². The highest BCUT2D eigenvalue weighted by atomic mass is 35.5. The van der Waals surface area contributed by atoms with Crippen molar-refractivity contribution in [1.29, 1.82) is 0 Å². The summed E-state index contributed by atoms with van der Waals surface area (Å²) in [5.41, 5.74) is 5.72. The fourth-order valence-electron chi connectivity index (χ4n) is 4.67. The van der Waals surface area contributed by atoms with Gasteiger partial charge in [-0.2, -0.15) is 0 Å². The number of carbonyl (C=O) groups excluding carboxylic acids is 1. The minimum Gasteiger partial charge on any atom is -0.494 e. The molecule has 1 heterocycles. The van der Waals surface area contributed by atoms with Gasteiger partial charge in [0, 0.05) is 22.7 Å². The van der Waals surface area contributed by atoms with Crippen LogP contribution < -0.4 is 15.4 Å². The van der Waals surface area contributed by atoms with E-state index in [-0.39, 0.29) is 17.7 Å². The molecule has 1 aliphatic heterocycles. The van der Waals surface area contributed by atoms with Gasteiger partial charge in [0.25, 0.3) is 0 Å². The predicted octanol–water partition coefficient (Wildman–Crippen LogP) is 6.72. The summed E-state index contributed by atoms with van der Waals surface area (Å²) in [6, 6.07) is 23.6. The lowest BCUT2D eigenvalue weighted by atomic mass is 9.78. The van der Waals surface area contributed by atoms with Crippen LogP contribution in [0.3, 0.4) is 0 Å². The van der Waals surface area contributed by atoms with E-state index >= 15 is 0 Å². The number of ketones is 1. The second kappa shape index (κ2) is 8.71. The number of Topliss-reactive ketones (excluding diaryl/α,β-unsaturated/α-hetero) is 1. The van der Waals surface area contributed by atoms with Gasteiger partial charge >= 0.3 is 0 Å². The zero-order chi connectivity index (χ0) is 22.1. The lowest BCUT2D eigenvalue weighted by Crippen LogP contribution is -2.27. The molecule has 5 rings (SSSR count). The molecule has 32 heavy (non-hydrogen) atoms. The van der Waals surface area contributed by atoms with E-state index in [1.807, 2.05) is 67.6 Å². The minimum atomic E-state index is -0.302. The molecule has 2 atom stereocenters. The summed E-state index contributed by atoms with van der Waals surface area (Å²) in [6.45, 7) is 2.61. The highest BCUT2D eigenvalue weighted by Crippen LogP contribution is 2.45. The van der Waals surface area contributed by atoms with Gasteiger partial charge in [-0.3, -0.25) is 4.79 Å². The topological polar surface area (TPSA) is 50.4 Å². The van der Waals surface area contributed by atoms with Gasteiger partial charge in [-0.1, -0.05) is 54.1 Å². The van der Waals surface area contributed by atoms with Gasteiger partial charge in [0.1, 0.15) is 5.75 Å².